The van der Waals surface area contributed by atoms with Crippen LogP contribution in [0.15, 0.2) is 30.5 Å². The molecule has 0 aliphatic carbocycles. The summed E-state index contributed by atoms with van der Waals surface area (Å²) < 4.78 is 46.2. The van der Waals surface area contributed by atoms with Crippen LogP contribution in [0.3, 0.4) is 0 Å². The average molecular weight is 490 g/mol. The zero-order chi connectivity index (χ0) is 24.6. The normalized spacial score (nSPS) is 19.9. The van der Waals surface area contributed by atoms with Gasteiger partial charge in [0.05, 0.1) is 36.9 Å². The van der Waals surface area contributed by atoms with Gasteiger partial charge in [-0.1, -0.05) is 0 Å². The second kappa shape index (κ2) is 9.42. The molecule has 2 unspecified atom stereocenters. The van der Waals surface area contributed by atoms with E-state index < -0.39 is 12.7 Å². The molecule has 12 heteroatoms. The van der Waals surface area contributed by atoms with E-state index in [1.54, 1.807) is 24.3 Å². The predicted octanol–water partition coefficient (Wildman–Crippen LogP) is 3.13. The van der Waals surface area contributed by atoms with Crippen LogP contribution in [0, 0.1) is 0 Å². The Morgan fingerprint density at radius 2 is 1.86 bits per heavy atom. The number of aliphatic hydroxyl groups excluding tert-OH is 1. The molecule has 9 nitrogen and oxygen atoms in total. The molecule has 1 aromatic carbocycles. The van der Waals surface area contributed by atoms with Crippen molar-refractivity contribution in [3.63, 3.8) is 0 Å². The second-order valence-electron chi connectivity index (χ2n) is 8.81. The number of hydrogen-bond donors (Lipinski definition) is 2. The topological polar surface area (TPSA) is 105 Å². The summed E-state index contributed by atoms with van der Waals surface area (Å²) in [6.45, 7) is -0.233. The molecule has 0 saturated carbocycles. The van der Waals surface area contributed by atoms with Gasteiger partial charge in [0.2, 0.25) is 5.91 Å². The zero-order valence-electron chi connectivity index (χ0n) is 18.8. The second-order valence-corrected chi connectivity index (χ2v) is 8.81. The Balaban J connectivity index is 1.53. The molecule has 35 heavy (non-hydrogen) atoms. The number of hydrogen-bond acceptors (Lipinski definition) is 7. The van der Waals surface area contributed by atoms with E-state index in [1.807, 2.05) is 0 Å². The lowest BCUT2D eigenvalue weighted by Gasteiger charge is -2.36. The first kappa shape index (κ1) is 23.5. The molecule has 0 spiro atoms. The monoisotopic (exact) mass is 490 g/mol. The number of nitrogens with one attached hydrogen (secondary N) is 1. The Bertz CT molecular complexity index is 1200. The molecule has 2 bridgehead atoms. The van der Waals surface area contributed by atoms with Crippen LogP contribution >= 0.6 is 0 Å². The maximum Gasteiger partial charge on any atom is 0.408 e. The van der Waals surface area contributed by atoms with Gasteiger partial charge < -0.3 is 20.1 Å². The quantitative estimate of drug-likeness (QED) is 0.524. The third kappa shape index (κ3) is 4.94. The maximum atomic E-state index is 13.2. The minimum absolute atomic E-state index is 0.0652. The molecular weight excluding hydrogens is 465 g/mol. The van der Waals surface area contributed by atoms with Crippen LogP contribution in [0.4, 0.5) is 24.7 Å². The van der Waals surface area contributed by atoms with Gasteiger partial charge in [-0.2, -0.15) is 18.3 Å². The van der Waals surface area contributed by atoms with Crippen molar-refractivity contribution < 1.29 is 27.8 Å². The number of carbonyl (C=O) groups is 1. The van der Waals surface area contributed by atoms with E-state index in [1.165, 1.54) is 6.20 Å². The van der Waals surface area contributed by atoms with Crippen molar-refractivity contribution in [1.29, 1.82) is 0 Å². The molecule has 2 fully saturated rings. The molecule has 2 aliphatic heterocycles. The fourth-order valence-electron chi connectivity index (χ4n) is 4.69. The molecule has 2 N–H and O–H groups in total. The molecule has 0 radical (unpaired) electrons. The van der Waals surface area contributed by atoms with Crippen LogP contribution in [0.2, 0.25) is 0 Å². The first-order valence-corrected chi connectivity index (χ1v) is 11.5. The molecule has 2 aliphatic rings. The molecule has 2 aromatic heterocycles. The average Bonchev–Trinajstić information content (AvgIpc) is 3.33. The number of alkyl halides is 3. The first-order valence-electron chi connectivity index (χ1n) is 11.5. The lowest BCUT2D eigenvalue weighted by Crippen LogP contribution is -2.46. The molecular formula is C23H25F3N6O3. The number of halogens is 3. The van der Waals surface area contributed by atoms with Gasteiger partial charge in [-0.25, -0.2) is 14.6 Å². The SMILES string of the molecule is O=C(CCCO)Nc1ccc(-c2nc(N3C4CCC3COC4)c3cnn(CC(F)(F)F)c3n2)cc1. The van der Waals surface area contributed by atoms with Crippen LogP contribution in [-0.2, 0) is 16.1 Å². The summed E-state index contributed by atoms with van der Waals surface area (Å²) in [6, 6.07) is 7.00. The van der Waals surface area contributed by atoms with Crippen LogP contribution in [0.25, 0.3) is 22.4 Å². The van der Waals surface area contributed by atoms with Crippen LogP contribution < -0.4 is 10.2 Å². The minimum Gasteiger partial charge on any atom is -0.396 e. The molecule has 5 rings (SSSR count). The summed E-state index contributed by atoms with van der Waals surface area (Å²) in [6.07, 6.45) is -0.625. The number of ether oxygens (including phenoxy) is 1. The third-order valence-electron chi connectivity index (χ3n) is 6.28. The van der Waals surface area contributed by atoms with E-state index >= 15 is 0 Å². The van der Waals surface area contributed by atoms with Gasteiger partial charge in [0.25, 0.3) is 0 Å². The summed E-state index contributed by atoms with van der Waals surface area (Å²) in [4.78, 5) is 23.3. The smallest absolute Gasteiger partial charge is 0.396 e. The van der Waals surface area contributed by atoms with E-state index in [9.17, 15) is 18.0 Å². The standard InChI is InChI=1S/C23H25F3N6O3/c24-23(25,26)13-31-21-18(10-27-31)22(32-16-7-8-17(32)12-35-11-16)30-20(29-21)14-3-5-15(6-4-14)28-19(34)2-1-9-33/h3-6,10,16-17,33H,1-2,7-9,11-13H2,(H,28,34). The minimum atomic E-state index is -4.45. The van der Waals surface area contributed by atoms with Gasteiger partial charge in [-0.15, -0.1) is 0 Å². The Morgan fingerprint density at radius 3 is 2.51 bits per heavy atom. The predicted molar refractivity (Wildman–Crippen MR) is 122 cm³/mol. The van der Waals surface area contributed by atoms with Crippen molar-refractivity contribution in [2.45, 2.75) is 50.5 Å². The number of anilines is 2. The number of benzene rings is 1. The Morgan fingerprint density at radius 1 is 1.14 bits per heavy atom. The molecule has 2 saturated heterocycles. The Labute approximate surface area is 198 Å². The van der Waals surface area contributed by atoms with Crippen molar-refractivity contribution in [3.8, 4) is 11.4 Å². The third-order valence-corrected chi connectivity index (χ3v) is 6.28. The summed E-state index contributed by atoms with van der Waals surface area (Å²) in [5.74, 6) is 0.627. The van der Waals surface area contributed by atoms with E-state index in [4.69, 9.17) is 14.8 Å². The number of fused-ring (bicyclic) bond motifs is 3. The van der Waals surface area contributed by atoms with Gasteiger partial charge in [0.15, 0.2) is 11.5 Å². The summed E-state index contributed by atoms with van der Waals surface area (Å²) in [5, 5.41) is 16.1. The highest BCUT2D eigenvalue weighted by molar-refractivity contribution is 5.91. The van der Waals surface area contributed by atoms with Crippen molar-refractivity contribution in [3.05, 3.63) is 30.5 Å². The first-order chi connectivity index (χ1) is 16.8. The van der Waals surface area contributed by atoms with Crippen molar-refractivity contribution in [1.82, 2.24) is 19.7 Å². The van der Waals surface area contributed by atoms with E-state index in [0.29, 0.717) is 42.1 Å². The Hall–Kier alpha value is -3.25. The number of aromatic nitrogens is 4. The number of nitrogens with zero attached hydrogens (tertiary/aromatic N) is 5. The number of rotatable bonds is 7. The number of amides is 1. The van der Waals surface area contributed by atoms with Gasteiger partial charge in [0, 0.05) is 24.3 Å². The highest BCUT2D eigenvalue weighted by Crippen LogP contribution is 2.38. The highest BCUT2D eigenvalue weighted by atomic mass is 19.4. The van der Waals surface area contributed by atoms with Crippen LogP contribution in [0.1, 0.15) is 25.7 Å². The van der Waals surface area contributed by atoms with Gasteiger partial charge in [-0.05, 0) is 43.5 Å². The molecule has 2 atom stereocenters. The maximum absolute atomic E-state index is 13.2. The molecule has 186 valence electrons. The van der Waals surface area contributed by atoms with Crippen molar-refractivity contribution in [2.24, 2.45) is 0 Å². The lowest BCUT2D eigenvalue weighted by molar-refractivity contribution is -0.141. The largest absolute Gasteiger partial charge is 0.408 e. The lowest BCUT2D eigenvalue weighted by atomic mass is 10.1. The number of aliphatic hydroxyl groups is 1. The zero-order valence-corrected chi connectivity index (χ0v) is 18.8. The van der Waals surface area contributed by atoms with Gasteiger partial charge >= 0.3 is 6.18 Å². The number of carbonyl (C=O) groups excluding carboxylic acids is 1. The molecule has 4 heterocycles. The van der Waals surface area contributed by atoms with E-state index in [0.717, 1.165) is 17.5 Å². The van der Waals surface area contributed by atoms with Crippen LogP contribution in [-0.4, -0.2) is 68.8 Å². The van der Waals surface area contributed by atoms with Crippen LogP contribution in [0.5, 0.6) is 0 Å². The fraction of sp³-hybridized carbons (Fsp3) is 0.478. The van der Waals surface area contributed by atoms with E-state index in [2.05, 4.69) is 20.3 Å². The Kier molecular flexibility index (Phi) is 6.32. The van der Waals surface area contributed by atoms with Gasteiger partial charge in [0.1, 0.15) is 12.4 Å². The van der Waals surface area contributed by atoms with Crippen molar-refractivity contribution in [2.75, 3.05) is 30.0 Å². The van der Waals surface area contributed by atoms with Gasteiger partial charge in [-0.3, -0.25) is 4.79 Å². The molecule has 3 aromatic rings. The molecule has 1 amide bonds. The summed E-state index contributed by atoms with van der Waals surface area (Å²) >= 11 is 0. The van der Waals surface area contributed by atoms with Crippen molar-refractivity contribution >= 4 is 28.4 Å². The summed E-state index contributed by atoms with van der Waals surface area (Å²) in [5.41, 5.74) is 1.28. The number of morpholine rings is 1. The fourth-order valence-corrected chi connectivity index (χ4v) is 4.69. The summed E-state index contributed by atoms with van der Waals surface area (Å²) in [7, 11) is 0. The van der Waals surface area contributed by atoms with E-state index in [-0.39, 0.29) is 42.5 Å². The highest BCUT2D eigenvalue weighted by Gasteiger charge is 2.40.